The summed E-state index contributed by atoms with van der Waals surface area (Å²) < 4.78 is 6.42. The zero-order valence-corrected chi connectivity index (χ0v) is 23.4. The number of nitrogens with zero attached hydrogens (tertiary/aromatic N) is 5. The van der Waals surface area contributed by atoms with Gasteiger partial charge in [0.2, 0.25) is 0 Å². The van der Waals surface area contributed by atoms with E-state index in [1.165, 1.54) is 31.8 Å². The Bertz CT molecular complexity index is 1390. The Kier molecular flexibility index (Phi) is 7.21. The van der Waals surface area contributed by atoms with E-state index >= 15 is 0 Å². The van der Waals surface area contributed by atoms with Crippen molar-refractivity contribution in [3.8, 4) is 6.01 Å². The van der Waals surface area contributed by atoms with E-state index in [0.717, 1.165) is 64.6 Å². The van der Waals surface area contributed by atoms with Gasteiger partial charge in [-0.2, -0.15) is 9.97 Å². The fraction of sp³-hybridized carbons (Fsp3) is 0.452. The Morgan fingerprint density at radius 3 is 2.69 bits per heavy atom. The van der Waals surface area contributed by atoms with Crippen LogP contribution < -0.4 is 14.5 Å². The van der Waals surface area contributed by atoms with Gasteiger partial charge in [-0.05, 0) is 68.8 Å². The van der Waals surface area contributed by atoms with Crippen LogP contribution in [0.25, 0.3) is 10.8 Å². The molecule has 0 atom stereocenters. The molecule has 0 unspecified atom stereocenters. The molecule has 7 nitrogen and oxygen atoms in total. The molecule has 204 valence electrons. The van der Waals surface area contributed by atoms with E-state index in [0.29, 0.717) is 32.1 Å². The molecule has 3 aliphatic rings. The second kappa shape index (κ2) is 10.8. The van der Waals surface area contributed by atoms with Crippen LogP contribution in [-0.2, 0) is 17.8 Å². The number of aromatic nitrogens is 2. The molecule has 39 heavy (non-hydrogen) atoms. The highest BCUT2D eigenvalue weighted by Crippen LogP contribution is 2.40. The van der Waals surface area contributed by atoms with E-state index in [9.17, 15) is 4.79 Å². The highest BCUT2D eigenvalue weighted by atomic mass is 35.5. The number of carbonyl (C=O) groups excluding carboxylic acids is 1. The van der Waals surface area contributed by atoms with Crippen molar-refractivity contribution in [3.63, 3.8) is 0 Å². The van der Waals surface area contributed by atoms with Gasteiger partial charge in [0.05, 0.1) is 22.8 Å². The molecule has 0 aliphatic carbocycles. The number of rotatable bonds is 9. The van der Waals surface area contributed by atoms with Crippen molar-refractivity contribution in [2.45, 2.75) is 50.6 Å². The summed E-state index contributed by atoms with van der Waals surface area (Å²) in [4.78, 5) is 28.9. The summed E-state index contributed by atoms with van der Waals surface area (Å²) in [6, 6.07) is 12.8. The van der Waals surface area contributed by atoms with Gasteiger partial charge >= 0.3 is 6.01 Å². The number of hydrogen-bond donors (Lipinski definition) is 0. The van der Waals surface area contributed by atoms with Crippen LogP contribution in [0.4, 0.5) is 11.5 Å². The molecule has 3 aromatic rings. The summed E-state index contributed by atoms with van der Waals surface area (Å²) in [5, 5.41) is 2.95. The lowest BCUT2D eigenvalue weighted by Gasteiger charge is -2.34. The number of ether oxygens (including phenoxy) is 1. The molecular formula is C31H36ClN5O2. The number of carbonyl (C=O) groups is 1. The molecule has 4 heterocycles. The Hall–Kier alpha value is -3.16. The van der Waals surface area contributed by atoms with Crippen LogP contribution in [0.15, 0.2) is 49.1 Å². The zero-order chi connectivity index (χ0) is 27.0. The van der Waals surface area contributed by atoms with E-state index in [-0.39, 0.29) is 11.3 Å². The highest BCUT2D eigenvalue weighted by Gasteiger charge is 2.45. The van der Waals surface area contributed by atoms with Crippen LogP contribution in [0, 0.1) is 0 Å². The third-order valence-corrected chi connectivity index (χ3v) is 9.07. The molecular weight excluding hydrogens is 510 g/mol. The molecule has 8 heteroatoms. The minimum Gasteiger partial charge on any atom is -0.461 e. The Labute approximate surface area is 235 Å². The number of benzene rings is 2. The molecule has 0 spiro atoms. The monoisotopic (exact) mass is 545 g/mol. The average Bonchev–Trinajstić information content (AvgIpc) is 3.54. The van der Waals surface area contributed by atoms with Crippen LogP contribution in [0.1, 0.15) is 43.4 Å². The van der Waals surface area contributed by atoms with Gasteiger partial charge in [0.1, 0.15) is 12.4 Å². The van der Waals surface area contributed by atoms with E-state index in [4.69, 9.17) is 26.3 Å². The van der Waals surface area contributed by atoms with Crippen molar-refractivity contribution < 1.29 is 9.53 Å². The third-order valence-electron chi connectivity index (χ3n) is 8.76. The molecule has 0 saturated carbocycles. The maximum atomic E-state index is 12.0. The summed E-state index contributed by atoms with van der Waals surface area (Å²) in [5.74, 6) is 0.886. The molecule has 3 aliphatic heterocycles. The first-order valence-electron chi connectivity index (χ1n) is 14.0. The summed E-state index contributed by atoms with van der Waals surface area (Å²) in [6.07, 6.45) is 7.37. The van der Waals surface area contributed by atoms with E-state index < -0.39 is 0 Å². The number of halogens is 1. The largest absolute Gasteiger partial charge is 0.461 e. The first kappa shape index (κ1) is 26.1. The summed E-state index contributed by atoms with van der Waals surface area (Å²) in [7, 11) is 1.99. The first-order chi connectivity index (χ1) is 19.0. The fourth-order valence-corrected chi connectivity index (χ4v) is 6.94. The van der Waals surface area contributed by atoms with Crippen LogP contribution in [0.2, 0.25) is 5.02 Å². The van der Waals surface area contributed by atoms with E-state index in [1.807, 2.05) is 19.2 Å². The van der Waals surface area contributed by atoms with Crippen LogP contribution >= 0.6 is 11.6 Å². The van der Waals surface area contributed by atoms with Crippen molar-refractivity contribution in [2.75, 3.05) is 49.6 Å². The predicted octanol–water partition coefficient (Wildman–Crippen LogP) is 5.43. The second-order valence-electron chi connectivity index (χ2n) is 11.1. The van der Waals surface area contributed by atoms with Crippen molar-refractivity contribution in [2.24, 2.45) is 0 Å². The lowest BCUT2D eigenvalue weighted by Crippen LogP contribution is -2.43. The number of fused-ring (bicyclic) bond motifs is 3. The van der Waals surface area contributed by atoms with Gasteiger partial charge in [0, 0.05) is 43.2 Å². The van der Waals surface area contributed by atoms with Gasteiger partial charge in [0.15, 0.2) is 5.78 Å². The first-order valence-corrected chi connectivity index (χ1v) is 14.4. The minimum absolute atomic E-state index is 0.0296. The zero-order valence-electron chi connectivity index (χ0n) is 22.7. The molecule has 2 aromatic carbocycles. The van der Waals surface area contributed by atoms with Crippen LogP contribution in [0.3, 0.4) is 0 Å². The van der Waals surface area contributed by atoms with Gasteiger partial charge in [-0.25, -0.2) is 0 Å². The number of anilines is 2. The van der Waals surface area contributed by atoms with Gasteiger partial charge in [0.25, 0.3) is 0 Å². The molecule has 2 saturated heterocycles. The SMILES string of the molecule is C=CC(=O)CCN(C)c1nc(OCC23CCCN2CCC3)nc2c1CCN(c1cccc3cccc(Cl)c13)C2. The van der Waals surface area contributed by atoms with E-state index in [2.05, 4.69) is 45.5 Å². The smallest absolute Gasteiger partial charge is 0.318 e. The second-order valence-corrected chi connectivity index (χ2v) is 11.5. The normalized spacial score (nSPS) is 18.2. The fourth-order valence-electron chi connectivity index (χ4n) is 6.66. The van der Waals surface area contributed by atoms with Crippen LogP contribution in [0.5, 0.6) is 6.01 Å². The van der Waals surface area contributed by atoms with Gasteiger partial charge in [-0.1, -0.05) is 42.4 Å². The number of hydrogen-bond acceptors (Lipinski definition) is 7. The van der Waals surface area contributed by atoms with Crippen LogP contribution in [-0.4, -0.2) is 66.0 Å². The molecule has 1 aromatic heterocycles. The van der Waals surface area contributed by atoms with Gasteiger partial charge in [-0.3, -0.25) is 9.69 Å². The van der Waals surface area contributed by atoms with Crippen molar-refractivity contribution in [1.82, 2.24) is 14.9 Å². The van der Waals surface area contributed by atoms with E-state index in [1.54, 1.807) is 0 Å². The summed E-state index contributed by atoms with van der Waals surface area (Å²) in [6.45, 7) is 8.57. The topological polar surface area (TPSA) is 61.8 Å². The minimum atomic E-state index is 0.0296. The molecule has 0 bridgehead atoms. The van der Waals surface area contributed by atoms with Crippen molar-refractivity contribution in [3.05, 3.63) is 65.3 Å². The summed E-state index contributed by atoms with van der Waals surface area (Å²) >= 11 is 6.68. The number of allylic oxidation sites excluding steroid dienone is 1. The lowest BCUT2D eigenvalue weighted by atomic mass is 9.95. The van der Waals surface area contributed by atoms with Gasteiger partial charge in [-0.15, -0.1) is 0 Å². The predicted molar refractivity (Wildman–Crippen MR) is 157 cm³/mol. The highest BCUT2D eigenvalue weighted by molar-refractivity contribution is 6.36. The average molecular weight is 546 g/mol. The summed E-state index contributed by atoms with van der Waals surface area (Å²) in [5.41, 5.74) is 3.33. The Balaban J connectivity index is 1.32. The standard InChI is InChI=1S/C31H36ClN5O2/c1-3-23(38)12-18-35(2)29-24-13-19-36(27-11-5-9-22-8-4-10-25(32)28(22)27)20-26(24)33-30(34-29)39-21-31-14-6-16-37(31)17-7-15-31/h3-5,8-11H,1,6-7,12-21H2,2H3. The molecule has 6 rings (SSSR count). The molecule has 0 amide bonds. The van der Waals surface area contributed by atoms with Crippen molar-refractivity contribution in [1.29, 1.82) is 0 Å². The Morgan fingerprint density at radius 2 is 1.92 bits per heavy atom. The number of ketones is 1. The lowest BCUT2D eigenvalue weighted by molar-refractivity contribution is -0.114. The van der Waals surface area contributed by atoms with Crippen molar-refractivity contribution >= 4 is 39.7 Å². The van der Waals surface area contributed by atoms with Gasteiger partial charge < -0.3 is 14.5 Å². The molecule has 0 radical (unpaired) electrons. The maximum absolute atomic E-state index is 12.0. The third kappa shape index (κ3) is 4.98. The Morgan fingerprint density at radius 1 is 1.15 bits per heavy atom. The molecule has 2 fully saturated rings. The maximum Gasteiger partial charge on any atom is 0.318 e. The molecule has 0 N–H and O–H groups in total. The quantitative estimate of drug-likeness (QED) is 0.332.